The smallest absolute Gasteiger partial charge is 0.435 e. The highest BCUT2D eigenvalue weighted by Crippen LogP contribution is 2.42. The number of esters is 1. The molecule has 2 aromatic heterocycles. The number of piperidine rings is 1. The van der Waals surface area contributed by atoms with Gasteiger partial charge in [0.2, 0.25) is 0 Å². The molecule has 12 heteroatoms. The molecule has 0 saturated carbocycles. The lowest BCUT2D eigenvalue weighted by atomic mass is 9.71. The number of nitrogens with one attached hydrogen (secondary N) is 1. The van der Waals surface area contributed by atoms with E-state index in [1.54, 1.807) is 45.9 Å². The number of nitrogens with zero attached hydrogens (tertiary/aromatic N) is 4. The van der Waals surface area contributed by atoms with Gasteiger partial charge in [0.05, 0.1) is 23.2 Å². The molecule has 4 rings (SSSR count). The van der Waals surface area contributed by atoms with Gasteiger partial charge in [0.1, 0.15) is 23.1 Å². The van der Waals surface area contributed by atoms with E-state index in [1.807, 2.05) is 13.8 Å². The minimum Gasteiger partial charge on any atom is -0.469 e. The van der Waals surface area contributed by atoms with E-state index in [2.05, 4.69) is 20.3 Å². The van der Waals surface area contributed by atoms with E-state index >= 15 is 4.39 Å². The SMILES string of the molecule is COC(=O)C1(Cc2nc(Nc3cc(C)n(C(=O)OC(C)(C)C)n3)ccc2F)CCN(C(C)c2cccc(Cl)c2F)C(C)C1. The summed E-state index contributed by atoms with van der Waals surface area (Å²) in [7, 11) is 1.32. The number of ether oxygens (including phenoxy) is 2. The highest BCUT2D eigenvalue weighted by atomic mass is 35.5. The van der Waals surface area contributed by atoms with Crippen LogP contribution in [0.2, 0.25) is 5.02 Å². The molecule has 3 aromatic rings. The molecule has 0 amide bonds. The van der Waals surface area contributed by atoms with Gasteiger partial charge >= 0.3 is 12.1 Å². The van der Waals surface area contributed by atoms with E-state index in [0.717, 1.165) is 4.68 Å². The number of aryl methyl sites for hydroxylation is 1. The summed E-state index contributed by atoms with van der Waals surface area (Å²) in [5, 5.41) is 7.34. The third-order valence-electron chi connectivity index (χ3n) is 7.78. The van der Waals surface area contributed by atoms with Crippen LogP contribution in [0.5, 0.6) is 0 Å². The van der Waals surface area contributed by atoms with Crippen LogP contribution in [0.15, 0.2) is 36.4 Å². The van der Waals surface area contributed by atoms with Gasteiger partial charge in [-0.25, -0.2) is 18.6 Å². The second kappa shape index (κ2) is 12.6. The lowest BCUT2D eigenvalue weighted by Crippen LogP contribution is -2.51. The van der Waals surface area contributed by atoms with Gasteiger partial charge in [0.15, 0.2) is 5.82 Å². The van der Waals surface area contributed by atoms with Crippen molar-refractivity contribution in [3.63, 3.8) is 0 Å². The van der Waals surface area contributed by atoms with Gasteiger partial charge in [0, 0.05) is 42.4 Å². The summed E-state index contributed by atoms with van der Waals surface area (Å²) in [4.78, 5) is 32.3. The molecule has 43 heavy (non-hydrogen) atoms. The molecule has 1 aliphatic heterocycles. The topological polar surface area (TPSA) is 98.6 Å². The molecule has 1 aliphatic rings. The Bertz CT molecular complexity index is 1510. The van der Waals surface area contributed by atoms with Gasteiger partial charge in [-0.15, -0.1) is 5.10 Å². The molecule has 9 nitrogen and oxygen atoms in total. The molecular weight excluding hydrogens is 580 g/mol. The van der Waals surface area contributed by atoms with Gasteiger partial charge in [-0.3, -0.25) is 9.69 Å². The number of likely N-dealkylation sites (tertiary alicyclic amines) is 1. The minimum atomic E-state index is -1.04. The zero-order chi connectivity index (χ0) is 31.7. The Balaban J connectivity index is 1.55. The molecule has 1 saturated heterocycles. The Morgan fingerprint density at radius 3 is 2.58 bits per heavy atom. The first-order valence-electron chi connectivity index (χ1n) is 14.1. The van der Waals surface area contributed by atoms with E-state index in [9.17, 15) is 14.0 Å². The number of carbonyl (C=O) groups excluding carboxylic acids is 2. The molecule has 3 heterocycles. The largest absolute Gasteiger partial charge is 0.469 e. The first-order valence-corrected chi connectivity index (χ1v) is 14.5. The second-order valence-corrected chi connectivity index (χ2v) is 12.5. The van der Waals surface area contributed by atoms with Crippen molar-refractivity contribution in [3.8, 4) is 0 Å². The maximum atomic E-state index is 15.2. The number of hydrogen-bond acceptors (Lipinski definition) is 8. The van der Waals surface area contributed by atoms with Crippen molar-refractivity contribution < 1.29 is 27.8 Å². The molecule has 0 spiro atoms. The third-order valence-corrected chi connectivity index (χ3v) is 8.07. The first kappa shape index (κ1) is 32.3. The number of carbonyl (C=O) groups is 2. The summed E-state index contributed by atoms with van der Waals surface area (Å²) < 4.78 is 41.7. The maximum absolute atomic E-state index is 15.2. The summed E-state index contributed by atoms with van der Waals surface area (Å²) in [6.07, 6.45) is 0.0859. The molecule has 3 unspecified atom stereocenters. The van der Waals surface area contributed by atoms with Gasteiger partial charge in [0.25, 0.3) is 0 Å². The van der Waals surface area contributed by atoms with Crippen LogP contribution in [-0.2, 0) is 20.7 Å². The van der Waals surface area contributed by atoms with Gasteiger partial charge in [-0.2, -0.15) is 4.68 Å². The Morgan fingerprint density at radius 2 is 1.93 bits per heavy atom. The second-order valence-electron chi connectivity index (χ2n) is 12.1. The number of halogens is 3. The maximum Gasteiger partial charge on any atom is 0.435 e. The Labute approximate surface area is 255 Å². The molecule has 3 atom stereocenters. The van der Waals surface area contributed by atoms with Crippen LogP contribution in [0, 0.1) is 24.0 Å². The molecule has 1 aromatic carbocycles. The molecular formula is C31H38ClF2N5O4. The minimum absolute atomic E-state index is 0.00446. The quantitative estimate of drug-likeness (QED) is 0.283. The predicted molar refractivity (Wildman–Crippen MR) is 159 cm³/mol. The third kappa shape index (κ3) is 7.15. The highest BCUT2D eigenvalue weighted by Gasteiger charge is 2.47. The molecule has 0 aliphatic carbocycles. The number of hydrogen-bond donors (Lipinski definition) is 1. The van der Waals surface area contributed by atoms with Crippen LogP contribution in [0.3, 0.4) is 0 Å². The highest BCUT2D eigenvalue weighted by molar-refractivity contribution is 6.30. The van der Waals surface area contributed by atoms with E-state index < -0.39 is 34.7 Å². The normalized spacial score (nSPS) is 20.0. The Kier molecular flexibility index (Phi) is 9.46. The van der Waals surface area contributed by atoms with Crippen LogP contribution in [0.25, 0.3) is 0 Å². The molecule has 0 bridgehead atoms. The van der Waals surface area contributed by atoms with E-state index in [4.69, 9.17) is 21.1 Å². The fourth-order valence-corrected chi connectivity index (χ4v) is 5.92. The lowest BCUT2D eigenvalue weighted by molar-refractivity contribution is -0.158. The van der Waals surface area contributed by atoms with Crippen molar-refractivity contribution in [2.45, 2.75) is 78.5 Å². The van der Waals surface area contributed by atoms with Crippen molar-refractivity contribution in [1.82, 2.24) is 19.7 Å². The van der Waals surface area contributed by atoms with Crippen LogP contribution in [-0.4, -0.2) is 57.0 Å². The number of aromatic nitrogens is 3. The van der Waals surface area contributed by atoms with Crippen LogP contribution >= 0.6 is 11.6 Å². The zero-order valence-electron chi connectivity index (χ0n) is 25.5. The first-order chi connectivity index (χ1) is 20.1. The average molecular weight is 618 g/mol. The number of benzene rings is 1. The molecule has 232 valence electrons. The number of methoxy groups -OCH3 is 1. The molecule has 1 N–H and O–H groups in total. The standard InChI is InChI=1S/C31H38ClF2N5O4/c1-18-15-26(37-39(18)29(41)43-30(4,5)6)36-25-12-11-23(33)24(35-25)17-31(28(40)42-7)13-14-38(19(2)16-31)20(3)21-9-8-10-22(32)27(21)34/h8-12,15,19-20H,13-14,16-17H2,1-7H3,(H,35,36,37). The Hall–Kier alpha value is -3.57. The zero-order valence-corrected chi connectivity index (χ0v) is 26.3. The summed E-state index contributed by atoms with van der Waals surface area (Å²) in [5.41, 5.74) is -0.632. The van der Waals surface area contributed by atoms with E-state index in [0.29, 0.717) is 42.3 Å². The predicted octanol–water partition coefficient (Wildman–Crippen LogP) is 6.99. The van der Waals surface area contributed by atoms with Crippen molar-refractivity contribution >= 4 is 35.3 Å². The average Bonchev–Trinajstić information content (AvgIpc) is 3.30. The van der Waals surface area contributed by atoms with Crippen LogP contribution in [0.1, 0.15) is 70.5 Å². The number of anilines is 2. The van der Waals surface area contributed by atoms with Crippen molar-refractivity contribution in [1.29, 1.82) is 0 Å². The van der Waals surface area contributed by atoms with Crippen LogP contribution < -0.4 is 5.32 Å². The van der Waals surface area contributed by atoms with Crippen molar-refractivity contribution in [2.75, 3.05) is 19.0 Å². The molecule has 0 radical (unpaired) electrons. The van der Waals surface area contributed by atoms with Crippen molar-refractivity contribution in [3.05, 3.63) is 70.0 Å². The fraction of sp³-hybridized carbons (Fsp3) is 0.484. The van der Waals surface area contributed by atoms with Gasteiger partial charge in [-0.1, -0.05) is 23.7 Å². The Morgan fingerprint density at radius 1 is 1.21 bits per heavy atom. The lowest BCUT2D eigenvalue weighted by Gasteiger charge is -2.46. The number of pyridine rings is 1. The van der Waals surface area contributed by atoms with E-state index in [1.165, 1.54) is 25.3 Å². The van der Waals surface area contributed by atoms with Gasteiger partial charge in [-0.05, 0) is 72.6 Å². The van der Waals surface area contributed by atoms with Crippen LogP contribution in [0.4, 0.5) is 25.2 Å². The molecule has 1 fully saturated rings. The monoisotopic (exact) mass is 617 g/mol. The summed E-state index contributed by atoms with van der Waals surface area (Å²) in [6.45, 7) is 11.3. The van der Waals surface area contributed by atoms with E-state index in [-0.39, 0.29) is 29.2 Å². The summed E-state index contributed by atoms with van der Waals surface area (Å²) >= 11 is 6.03. The fourth-order valence-electron chi connectivity index (χ4n) is 5.74. The summed E-state index contributed by atoms with van der Waals surface area (Å²) in [6, 6.07) is 8.84. The summed E-state index contributed by atoms with van der Waals surface area (Å²) in [5.74, 6) is -0.864. The van der Waals surface area contributed by atoms with Gasteiger partial charge < -0.3 is 14.8 Å². The number of rotatable bonds is 7. The van der Waals surface area contributed by atoms with Crippen molar-refractivity contribution in [2.24, 2.45) is 5.41 Å².